The molecular formula is C17H25BClNO3. The highest BCUT2D eigenvalue weighted by Gasteiger charge is 2.51. The SMILES string of the molecule is CC(C)(C)NC(=O)c1cc(Cl)cc(B2OC(C)(C)C(C)(C)O2)c1. The lowest BCUT2D eigenvalue weighted by Crippen LogP contribution is -2.41. The van der Waals surface area contributed by atoms with E-state index in [0.717, 1.165) is 5.46 Å². The van der Waals surface area contributed by atoms with Crippen molar-refractivity contribution in [2.75, 3.05) is 0 Å². The summed E-state index contributed by atoms with van der Waals surface area (Å²) in [5.74, 6) is -0.169. The average Bonchev–Trinajstić information content (AvgIpc) is 2.55. The Hall–Kier alpha value is -1.04. The summed E-state index contributed by atoms with van der Waals surface area (Å²) in [7, 11) is -0.542. The number of benzene rings is 1. The third-order valence-electron chi connectivity index (χ3n) is 4.20. The van der Waals surface area contributed by atoms with Crippen molar-refractivity contribution >= 4 is 30.1 Å². The molecule has 0 aliphatic carbocycles. The van der Waals surface area contributed by atoms with E-state index in [9.17, 15) is 4.79 Å². The largest absolute Gasteiger partial charge is 0.494 e. The third kappa shape index (κ3) is 4.08. The number of carbonyl (C=O) groups excluding carboxylic acids is 1. The highest BCUT2D eigenvalue weighted by atomic mass is 35.5. The molecule has 1 heterocycles. The van der Waals surface area contributed by atoms with Crippen LogP contribution in [0.2, 0.25) is 5.02 Å². The number of rotatable bonds is 2. The first kappa shape index (κ1) is 18.3. The topological polar surface area (TPSA) is 47.6 Å². The minimum absolute atomic E-state index is 0.169. The first-order chi connectivity index (χ1) is 10.3. The van der Waals surface area contributed by atoms with Crippen molar-refractivity contribution in [1.82, 2.24) is 5.32 Å². The molecule has 126 valence electrons. The van der Waals surface area contributed by atoms with Crippen molar-refractivity contribution in [3.63, 3.8) is 0 Å². The smallest absolute Gasteiger partial charge is 0.399 e. The van der Waals surface area contributed by atoms with E-state index in [4.69, 9.17) is 20.9 Å². The molecule has 1 amide bonds. The Bertz CT molecular complexity index is 607. The molecule has 0 radical (unpaired) electrons. The van der Waals surface area contributed by atoms with Gasteiger partial charge in [0, 0.05) is 16.1 Å². The van der Waals surface area contributed by atoms with E-state index in [1.165, 1.54) is 0 Å². The van der Waals surface area contributed by atoms with E-state index in [2.05, 4.69) is 5.32 Å². The van der Waals surface area contributed by atoms with Gasteiger partial charge >= 0.3 is 7.12 Å². The van der Waals surface area contributed by atoms with E-state index >= 15 is 0 Å². The summed E-state index contributed by atoms with van der Waals surface area (Å²) in [5, 5.41) is 3.42. The zero-order valence-electron chi connectivity index (χ0n) is 14.9. The van der Waals surface area contributed by atoms with Gasteiger partial charge in [-0.05, 0) is 72.1 Å². The molecule has 6 heteroatoms. The average molecular weight is 338 g/mol. The summed E-state index contributed by atoms with van der Waals surface area (Å²) in [6.45, 7) is 13.8. The van der Waals surface area contributed by atoms with Gasteiger partial charge in [0.15, 0.2) is 0 Å². The van der Waals surface area contributed by atoms with Gasteiger partial charge in [0.05, 0.1) is 11.2 Å². The maximum atomic E-state index is 12.4. The monoisotopic (exact) mass is 337 g/mol. The van der Waals surface area contributed by atoms with Gasteiger partial charge in [-0.1, -0.05) is 11.6 Å². The minimum Gasteiger partial charge on any atom is -0.399 e. The quantitative estimate of drug-likeness (QED) is 0.843. The van der Waals surface area contributed by atoms with Gasteiger partial charge < -0.3 is 14.6 Å². The fraction of sp³-hybridized carbons (Fsp3) is 0.588. The normalized spacial score (nSPS) is 19.7. The predicted octanol–water partition coefficient (Wildman–Crippen LogP) is 3.17. The van der Waals surface area contributed by atoms with E-state index in [0.29, 0.717) is 10.6 Å². The van der Waals surface area contributed by atoms with Crippen LogP contribution in [-0.4, -0.2) is 29.8 Å². The van der Waals surface area contributed by atoms with Gasteiger partial charge in [-0.15, -0.1) is 0 Å². The summed E-state index contributed by atoms with van der Waals surface area (Å²) >= 11 is 6.19. The van der Waals surface area contributed by atoms with Crippen LogP contribution >= 0.6 is 11.6 Å². The fourth-order valence-corrected chi connectivity index (χ4v) is 2.51. The lowest BCUT2D eigenvalue weighted by molar-refractivity contribution is 0.00578. The molecule has 1 N–H and O–H groups in total. The van der Waals surface area contributed by atoms with Crippen molar-refractivity contribution in [3.05, 3.63) is 28.8 Å². The molecule has 2 rings (SSSR count). The second kappa shape index (κ2) is 5.80. The van der Waals surface area contributed by atoms with Crippen molar-refractivity contribution in [2.45, 2.75) is 65.2 Å². The molecule has 0 spiro atoms. The van der Waals surface area contributed by atoms with E-state index in [1.54, 1.807) is 18.2 Å². The molecule has 1 aliphatic rings. The Morgan fingerprint density at radius 3 is 2.09 bits per heavy atom. The van der Waals surface area contributed by atoms with Crippen molar-refractivity contribution in [3.8, 4) is 0 Å². The number of amides is 1. The van der Waals surface area contributed by atoms with Gasteiger partial charge in [0.2, 0.25) is 0 Å². The van der Waals surface area contributed by atoms with Crippen LogP contribution in [-0.2, 0) is 9.31 Å². The van der Waals surface area contributed by atoms with E-state index in [-0.39, 0.29) is 11.4 Å². The van der Waals surface area contributed by atoms with Crippen LogP contribution in [0.3, 0.4) is 0 Å². The highest BCUT2D eigenvalue weighted by Crippen LogP contribution is 2.36. The molecule has 1 saturated heterocycles. The van der Waals surface area contributed by atoms with Gasteiger partial charge in [0.1, 0.15) is 0 Å². The molecule has 1 aromatic carbocycles. The van der Waals surface area contributed by atoms with Crippen molar-refractivity contribution in [2.24, 2.45) is 0 Å². The zero-order chi connectivity index (χ0) is 17.6. The fourth-order valence-electron chi connectivity index (χ4n) is 2.27. The Balaban J connectivity index is 2.30. The maximum absolute atomic E-state index is 12.4. The summed E-state index contributed by atoms with van der Waals surface area (Å²) < 4.78 is 12.1. The number of halogens is 1. The molecular weight excluding hydrogens is 312 g/mol. The summed E-state index contributed by atoms with van der Waals surface area (Å²) in [6, 6.07) is 5.20. The first-order valence-electron chi connectivity index (χ1n) is 7.79. The van der Waals surface area contributed by atoms with E-state index < -0.39 is 18.3 Å². The van der Waals surface area contributed by atoms with Gasteiger partial charge in [-0.2, -0.15) is 0 Å². The maximum Gasteiger partial charge on any atom is 0.494 e. The number of hydrogen-bond acceptors (Lipinski definition) is 3. The molecule has 0 saturated carbocycles. The standard InChI is InChI=1S/C17H25BClNO3/c1-15(2,3)20-14(21)11-8-12(10-13(19)9-11)18-22-16(4,5)17(6,7)23-18/h8-10H,1-7H3,(H,20,21). The zero-order valence-corrected chi connectivity index (χ0v) is 15.7. The predicted molar refractivity (Wildman–Crippen MR) is 94.4 cm³/mol. The Kier molecular flexibility index (Phi) is 4.61. The van der Waals surface area contributed by atoms with Crippen LogP contribution in [0.5, 0.6) is 0 Å². The molecule has 1 aliphatic heterocycles. The minimum atomic E-state index is -0.542. The summed E-state index contributed by atoms with van der Waals surface area (Å²) in [4.78, 5) is 12.4. The third-order valence-corrected chi connectivity index (χ3v) is 4.41. The van der Waals surface area contributed by atoms with Crippen LogP contribution in [0.1, 0.15) is 58.8 Å². The van der Waals surface area contributed by atoms with E-state index in [1.807, 2.05) is 48.5 Å². The second-order valence-electron chi connectivity index (χ2n) is 8.07. The lowest BCUT2D eigenvalue weighted by atomic mass is 9.78. The second-order valence-corrected chi connectivity index (χ2v) is 8.50. The molecule has 0 bridgehead atoms. The van der Waals surface area contributed by atoms with Gasteiger partial charge in [0.25, 0.3) is 5.91 Å². The Morgan fingerprint density at radius 2 is 1.61 bits per heavy atom. The van der Waals surface area contributed by atoms with Crippen molar-refractivity contribution < 1.29 is 14.1 Å². The van der Waals surface area contributed by atoms with Crippen LogP contribution < -0.4 is 10.8 Å². The van der Waals surface area contributed by atoms with Crippen LogP contribution in [0, 0.1) is 0 Å². The molecule has 23 heavy (non-hydrogen) atoms. The molecule has 1 aromatic rings. The van der Waals surface area contributed by atoms with Crippen LogP contribution in [0.25, 0.3) is 0 Å². The number of nitrogens with one attached hydrogen (secondary N) is 1. The summed E-state index contributed by atoms with van der Waals surface area (Å²) in [5.41, 5.74) is 0.0540. The molecule has 1 fully saturated rings. The van der Waals surface area contributed by atoms with Crippen LogP contribution in [0.4, 0.5) is 0 Å². The Morgan fingerprint density at radius 1 is 1.09 bits per heavy atom. The molecule has 0 unspecified atom stereocenters. The molecule has 0 atom stereocenters. The van der Waals surface area contributed by atoms with Gasteiger partial charge in [-0.25, -0.2) is 0 Å². The first-order valence-corrected chi connectivity index (χ1v) is 8.17. The molecule has 4 nitrogen and oxygen atoms in total. The molecule has 0 aromatic heterocycles. The summed E-state index contributed by atoms with van der Waals surface area (Å²) in [6.07, 6.45) is 0. The lowest BCUT2D eigenvalue weighted by Gasteiger charge is -2.32. The number of carbonyl (C=O) groups is 1. The highest BCUT2D eigenvalue weighted by molar-refractivity contribution is 6.62. The Labute approximate surface area is 144 Å². The van der Waals surface area contributed by atoms with Gasteiger partial charge in [-0.3, -0.25) is 4.79 Å². The number of hydrogen-bond donors (Lipinski definition) is 1. The van der Waals surface area contributed by atoms with Crippen molar-refractivity contribution in [1.29, 1.82) is 0 Å². The van der Waals surface area contributed by atoms with Crippen LogP contribution in [0.15, 0.2) is 18.2 Å².